The van der Waals surface area contributed by atoms with Gasteiger partial charge in [-0.3, -0.25) is 4.79 Å². The molecule has 0 radical (unpaired) electrons. The van der Waals surface area contributed by atoms with Crippen LogP contribution in [0.15, 0.2) is 41.3 Å². The van der Waals surface area contributed by atoms with Crippen LogP contribution in [0.5, 0.6) is 0 Å². The first kappa shape index (κ1) is 23.0. The number of ether oxygens (including phenoxy) is 2. The maximum atomic E-state index is 13.0. The average molecular weight is 499 g/mol. The van der Waals surface area contributed by atoms with E-state index < -0.39 is 22.6 Å². The number of amides is 1. The van der Waals surface area contributed by atoms with Gasteiger partial charge in [-0.05, 0) is 30.2 Å². The summed E-state index contributed by atoms with van der Waals surface area (Å²) in [7, 11) is -3.96. The van der Waals surface area contributed by atoms with Crippen molar-refractivity contribution in [1.82, 2.24) is 4.31 Å². The lowest BCUT2D eigenvalue weighted by Gasteiger charge is -2.26. The van der Waals surface area contributed by atoms with Crippen LogP contribution in [0, 0.1) is 0 Å². The molecule has 0 N–H and O–H groups in total. The molecule has 8 nitrogen and oxygen atoms in total. The second-order valence-electron chi connectivity index (χ2n) is 7.28. The lowest BCUT2D eigenvalue weighted by Crippen LogP contribution is -2.40. The fourth-order valence-electron chi connectivity index (χ4n) is 3.69. The van der Waals surface area contributed by atoms with Crippen LogP contribution in [0.2, 0.25) is 10.0 Å². The van der Waals surface area contributed by atoms with E-state index in [1.807, 2.05) is 24.3 Å². The summed E-state index contributed by atoms with van der Waals surface area (Å²) in [5, 5.41) is -0.178. The van der Waals surface area contributed by atoms with E-state index in [0.29, 0.717) is 6.54 Å². The normalized spacial score (nSPS) is 16.6. The number of halogens is 2. The molecule has 0 unspecified atom stereocenters. The van der Waals surface area contributed by atoms with Crippen LogP contribution < -0.4 is 4.90 Å². The molecular weight excluding hydrogens is 479 g/mol. The van der Waals surface area contributed by atoms with Crippen molar-refractivity contribution in [3.8, 4) is 0 Å². The van der Waals surface area contributed by atoms with Gasteiger partial charge in [0.05, 0.1) is 28.8 Å². The monoisotopic (exact) mass is 498 g/mol. The molecule has 2 aromatic carbocycles. The number of hydrogen-bond donors (Lipinski definition) is 0. The smallest absolute Gasteiger partial charge is 0.340 e. The summed E-state index contributed by atoms with van der Waals surface area (Å²) in [5.41, 5.74) is 1.65. The Morgan fingerprint density at radius 1 is 1.03 bits per heavy atom. The third-order valence-electron chi connectivity index (χ3n) is 5.34. The van der Waals surface area contributed by atoms with Crippen molar-refractivity contribution in [2.45, 2.75) is 11.3 Å². The van der Waals surface area contributed by atoms with Crippen molar-refractivity contribution in [2.75, 3.05) is 44.4 Å². The Balaban J connectivity index is 1.50. The number of hydrogen-bond acceptors (Lipinski definition) is 6. The molecule has 0 aliphatic carbocycles. The highest BCUT2D eigenvalue weighted by atomic mass is 35.5. The lowest BCUT2D eigenvalue weighted by atomic mass is 10.2. The Bertz CT molecular complexity index is 1160. The Labute approximate surface area is 195 Å². The minimum atomic E-state index is -3.96. The summed E-state index contributed by atoms with van der Waals surface area (Å²) in [4.78, 5) is 26.5. The predicted octanol–water partition coefficient (Wildman–Crippen LogP) is 2.76. The third-order valence-corrected chi connectivity index (χ3v) is 8.02. The second kappa shape index (κ2) is 9.36. The van der Waals surface area contributed by atoms with Gasteiger partial charge in [-0.1, -0.05) is 41.4 Å². The maximum absolute atomic E-state index is 13.0. The average Bonchev–Trinajstić information content (AvgIpc) is 3.22. The molecule has 2 aromatic rings. The van der Waals surface area contributed by atoms with E-state index in [-0.39, 0.29) is 52.7 Å². The van der Waals surface area contributed by atoms with Crippen molar-refractivity contribution in [2.24, 2.45) is 0 Å². The fourth-order valence-corrected chi connectivity index (χ4v) is 5.92. The van der Waals surface area contributed by atoms with Crippen LogP contribution >= 0.6 is 23.2 Å². The fraction of sp³-hybridized carbons (Fsp3) is 0.333. The van der Waals surface area contributed by atoms with E-state index >= 15 is 0 Å². The molecule has 4 rings (SSSR count). The molecule has 0 spiro atoms. The van der Waals surface area contributed by atoms with Gasteiger partial charge in [0.25, 0.3) is 5.91 Å². The summed E-state index contributed by atoms with van der Waals surface area (Å²) < 4.78 is 37.5. The predicted molar refractivity (Wildman–Crippen MR) is 119 cm³/mol. The first-order chi connectivity index (χ1) is 15.3. The Morgan fingerprint density at radius 2 is 1.75 bits per heavy atom. The number of nitrogens with zero attached hydrogens (tertiary/aromatic N) is 2. The van der Waals surface area contributed by atoms with Crippen LogP contribution in [0.4, 0.5) is 5.69 Å². The molecule has 0 atom stereocenters. The summed E-state index contributed by atoms with van der Waals surface area (Å²) in [6.07, 6.45) is 0.724. The Kier molecular flexibility index (Phi) is 6.73. The molecule has 11 heteroatoms. The Morgan fingerprint density at radius 3 is 2.50 bits per heavy atom. The molecule has 0 aromatic heterocycles. The first-order valence-corrected chi connectivity index (χ1v) is 12.1. The van der Waals surface area contributed by atoms with Gasteiger partial charge in [0.2, 0.25) is 10.0 Å². The quantitative estimate of drug-likeness (QED) is 0.588. The van der Waals surface area contributed by atoms with E-state index in [2.05, 4.69) is 0 Å². The highest BCUT2D eigenvalue weighted by Gasteiger charge is 2.31. The summed E-state index contributed by atoms with van der Waals surface area (Å²) in [6.45, 7) is 0.874. The van der Waals surface area contributed by atoms with Gasteiger partial charge in [-0.25, -0.2) is 13.2 Å². The standard InChI is InChI=1S/C21H20Cl2N2O6S/c22-16-12-17(23)19(32(28,29)24-7-9-30-10-8-24)11-15(16)21(27)31-13-20(26)25-6-5-14-3-1-2-4-18(14)25/h1-4,11-12H,5-10,13H2. The molecule has 32 heavy (non-hydrogen) atoms. The first-order valence-electron chi connectivity index (χ1n) is 9.91. The van der Waals surface area contributed by atoms with Gasteiger partial charge < -0.3 is 14.4 Å². The minimum Gasteiger partial charge on any atom is -0.452 e. The molecule has 0 saturated carbocycles. The van der Waals surface area contributed by atoms with Crippen LogP contribution in [-0.4, -0.2) is 64.1 Å². The van der Waals surface area contributed by atoms with Crippen LogP contribution in [0.1, 0.15) is 15.9 Å². The zero-order valence-corrected chi connectivity index (χ0v) is 19.3. The summed E-state index contributed by atoms with van der Waals surface area (Å²) >= 11 is 12.3. The van der Waals surface area contributed by atoms with E-state index in [9.17, 15) is 18.0 Å². The minimum absolute atomic E-state index is 0.0695. The molecule has 1 amide bonds. The van der Waals surface area contributed by atoms with Crippen molar-refractivity contribution in [3.05, 3.63) is 57.6 Å². The van der Waals surface area contributed by atoms with Crippen LogP contribution in [0.25, 0.3) is 0 Å². The number of benzene rings is 2. The molecule has 1 fully saturated rings. The van der Waals surface area contributed by atoms with E-state index in [4.69, 9.17) is 32.7 Å². The molecular formula is C21H20Cl2N2O6S. The van der Waals surface area contributed by atoms with Gasteiger partial charge in [-0.15, -0.1) is 0 Å². The van der Waals surface area contributed by atoms with Gasteiger partial charge >= 0.3 is 5.97 Å². The molecule has 170 valence electrons. The Hall–Kier alpha value is -2.17. The van der Waals surface area contributed by atoms with Crippen molar-refractivity contribution >= 4 is 50.8 Å². The number of carbonyl (C=O) groups excluding carboxylic acids is 2. The van der Waals surface area contributed by atoms with Gasteiger partial charge in [0.1, 0.15) is 4.90 Å². The SMILES string of the molecule is O=C(OCC(=O)N1CCc2ccccc21)c1cc(S(=O)(=O)N2CCOCC2)c(Cl)cc1Cl. The van der Waals surface area contributed by atoms with Crippen molar-refractivity contribution in [1.29, 1.82) is 0 Å². The van der Waals surface area contributed by atoms with E-state index in [1.54, 1.807) is 4.90 Å². The zero-order chi connectivity index (χ0) is 22.9. The summed E-state index contributed by atoms with van der Waals surface area (Å²) in [5.74, 6) is -1.29. The van der Waals surface area contributed by atoms with Crippen LogP contribution in [0.3, 0.4) is 0 Å². The van der Waals surface area contributed by atoms with Crippen LogP contribution in [-0.2, 0) is 30.7 Å². The van der Waals surface area contributed by atoms with E-state index in [1.165, 1.54) is 10.4 Å². The molecule has 2 heterocycles. The highest BCUT2D eigenvalue weighted by Crippen LogP contribution is 2.32. The van der Waals surface area contributed by atoms with Gasteiger partial charge in [0, 0.05) is 25.3 Å². The zero-order valence-electron chi connectivity index (χ0n) is 16.9. The van der Waals surface area contributed by atoms with Crippen molar-refractivity contribution < 1.29 is 27.5 Å². The third kappa shape index (κ3) is 4.49. The number of rotatable bonds is 5. The van der Waals surface area contributed by atoms with Gasteiger partial charge in [-0.2, -0.15) is 4.31 Å². The van der Waals surface area contributed by atoms with Gasteiger partial charge in [0.15, 0.2) is 6.61 Å². The van der Waals surface area contributed by atoms with Crippen molar-refractivity contribution in [3.63, 3.8) is 0 Å². The second-order valence-corrected chi connectivity index (χ2v) is 10.00. The molecule has 0 bridgehead atoms. The van der Waals surface area contributed by atoms with E-state index in [0.717, 1.165) is 23.7 Å². The highest BCUT2D eigenvalue weighted by molar-refractivity contribution is 7.89. The number of fused-ring (bicyclic) bond motifs is 1. The largest absolute Gasteiger partial charge is 0.452 e. The summed E-state index contributed by atoms with van der Waals surface area (Å²) in [6, 6.07) is 9.79. The lowest BCUT2D eigenvalue weighted by molar-refractivity contribution is -0.121. The number of anilines is 1. The molecule has 2 aliphatic rings. The maximum Gasteiger partial charge on any atom is 0.340 e. The number of para-hydroxylation sites is 1. The number of carbonyl (C=O) groups is 2. The topological polar surface area (TPSA) is 93.2 Å². The number of morpholine rings is 1. The number of esters is 1. The molecule has 2 aliphatic heterocycles. The molecule has 1 saturated heterocycles. The number of sulfonamides is 1.